The van der Waals surface area contributed by atoms with Crippen molar-refractivity contribution in [3.8, 4) is 5.75 Å². The van der Waals surface area contributed by atoms with Gasteiger partial charge in [0.1, 0.15) is 0 Å². The number of carboxylic acid groups (broad SMARTS) is 1. The Morgan fingerprint density at radius 1 is 1.16 bits per heavy atom. The average Bonchev–Trinajstić information content (AvgIpc) is 2.27. The molecule has 0 aliphatic heterocycles. The van der Waals surface area contributed by atoms with E-state index in [-0.39, 0.29) is 16.3 Å². The van der Waals surface area contributed by atoms with Gasteiger partial charge in [0.05, 0.1) is 10.6 Å². The number of ether oxygens (including phenoxy) is 1. The fraction of sp³-hybridized carbons (Fsp3) is 0. The third-order valence-electron chi connectivity index (χ3n) is 2.44. The first kappa shape index (κ1) is 13.1. The highest BCUT2D eigenvalue weighted by Crippen LogP contribution is 2.29. The molecule has 0 unspecified atom stereocenters. The van der Waals surface area contributed by atoms with E-state index in [0.29, 0.717) is 10.8 Å². The Bertz CT molecular complexity index is 768. The van der Waals surface area contributed by atoms with Gasteiger partial charge in [-0.05, 0) is 35.0 Å². The highest BCUT2D eigenvalue weighted by molar-refractivity contribution is 7.85. The largest absolute Gasteiger partial charge is 0.511 e. The molecule has 100 valence electrons. The lowest BCUT2D eigenvalue weighted by Crippen LogP contribution is -2.05. The molecule has 0 saturated carbocycles. The van der Waals surface area contributed by atoms with Gasteiger partial charge in [0.15, 0.2) is 5.75 Å². The number of nitrogen functional groups attached to an aromatic ring is 1. The second-order valence-electron chi connectivity index (χ2n) is 3.74. The highest BCUT2D eigenvalue weighted by Gasteiger charge is 2.12. The van der Waals surface area contributed by atoms with E-state index in [4.69, 9.17) is 15.4 Å². The third-order valence-corrected chi connectivity index (χ3v) is 3.29. The summed E-state index contributed by atoms with van der Waals surface area (Å²) >= 11 is 0. The van der Waals surface area contributed by atoms with Crippen molar-refractivity contribution < 1.29 is 27.6 Å². The molecule has 0 aliphatic carbocycles. The van der Waals surface area contributed by atoms with Crippen LogP contribution in [0.5, 0.6) is 5.75 Å². The molecular formula is C11H9NO6S. The second kappa shape index (κ2) is 4.41. The molecule has 0 aromatic heterocycles. The summed E-state index contributed by atoms with van der Waals surface area (Å²) in [6, 6.07) is 6.59. The van der Waals surface area contributed by atoms with Crippen molar-refractivity contribution in [1.82, 2.24) is 0 Å². The molecule has 0 amide bonds. The van der Waals surface area contributed by atoms with Gasteiger partial charge in [-0.25, -0.2) is 4.79 Å². The normalized spacial score (nSPS) is 11.4. The van der Waals surface area contributed by atoms with Gasteiger partial charge < -0.3 is 15.6 Å². The van der Waals surface area contributed by atoms with Gasteiger partial charge in [0, 0.05) is 0 Å². The van der Waals surface area contributed by atoms with Crippen LogP contribution in [0.4, 0.5) is 10.5 Å². The number of carbonyl (C=O) groups is 1. The molecule has 0 spiro atoms. The van der Waals surface area contributed by atoms with Crippen LogP contribution < -0.4 is 10.5 Å². The third kappa shape index (κ3) is 2.75. The lowest BCUT2D eigenvalue weighted by atomic mass is 10.1. The van der Waals surface area contributed by atoms with Crippen LogP contribution in [0.25, 0.3) is 10.8 Å². The molecule has 0 saturated heterocycles. The number of anilines is 1. The Morgan fingerprint density at radius 3 is 2.42 bits per heavy atom. The van der Waals surface area contributed by atoms with Gasteiger partial charge in [-0.2, -0.15) is 8.42 Å². The summed E-state index contributed by atoms with van der Waals surface area (Å²) in [6.45, 7) is 0. The maximum Gasteiger partial charge on any atom is 0.511 e. The first-order valence-corrected chi connectivity index (χ1v) is 6.43. The van der Waals surface area contributed by atoms with Crippen LogP contribution >= 0.6 is 0 Å². The van der Waals surface area contributed by atoms with E-state index in [1.807, 2.05) is 0 Å². The lowest BCUT2D eigenvalue weighted by Gasteiger charge is -2.07. The van der Waals surface area contributed by atoms with Crippen molar-refractivity contribution in [2.24, 2.45) is 0 Å². The predicted molar refractivity (Wildman–Crippen MR) is 66.8 cm³/mol. The molecule has 0 bridgehead atoms. The van der Waals surface area contributed by atoms with E-state index >= 15 is 0 Å². The van der Waals surface area contributed by atoms with E-state index in [1.165, 1.54) is 30.3 Å². The summed E-state index contributed by atoms with van der Waals surface area (Å²) in [5, 5.41) is 9.49. The first-order valence-electron chi connectivity index (χ1n) is 4.99. The van der Waals surface area contributed by atoms with Crippen LogP contribution in [0.1, 0.15) is 0 Å². The molecule has 4 N–H and O–H groups in total. The van der Waals surface area contributed by atoms with Gasteiger partial charge in [-0.3, -0.25) is 4.55 Å². The monoisotopic (exact) mass is 283 g/mol. The minimum Gasteiger partial charge on any atom is -0.449 e. The summed E-state index contributed by atoms with van der Waals surface area (Å²) in [5.74, 6) is -0.104. The summed E-state index contributed by atoms with van der Waals surface area (Å²) < 4.78 is 35.4. The number of fused-ring (bicyclic) bond motifs is 1. The lowest BCUT2D eigenvalue weighted by molar-refractivity contribution is 0.145. The topological polar surface area (TPSA) is 127 Å². The standard InChI is InChI=1S/C11H9NO6S/c12-9-4-6-1-2-8(19(15,16)17)3-7(6)5-10(9)18-11(13)14/h1-5H,12H2,(H,13,14)(H,15,16,17). The van der Waals surface area contributed by atoms with Crippen molar-refractivity contribution in [3.05, 3.63) is 30.3 Å². The van der Waals surface area contributed by atoms with Crippen molar-refractivity contribution in [2.45, 2.75) is 4.90 Å². The van der Waals surface area contributed by atoms with Crippen molar-refractivity contribution in [3.63, 3.8) is 0 Å². The Balaban J connectivity index is 2.64. The van der Waals surface area contributed by atoms with Crippen LogP contribution in [-0.2, 0) is 10.1 Å². The molecule has 2 aromatic carbocycles. The second-order valence-corrected chi connectivity index (χ2v) is 5.16. The molecule has 0 fully saturated rings. The number of rotatable bonds is 2. The Kier molecular flexibility index (Phi) is 3.05. The van der Waals surface area contributed by atoms with Crippen molar-refractivity contribution >= 4 is 32.7 Å². The smallest absolute Gasteiger partial charge is 0.449 e. The molecule has 0 aliphatic rings. The fourth-order valence-electron chi connectivity index (χ4n) is 1.62. The molecule has 0 atom stereocenters. The van der Waals surface area contributed by atoms with E-state index in [9.17, 15) is 13.2 Å². The quantitative estimate of drug-likeness (QED) is 0.331. The molecule has 2 rings (SSSR count). The minimum atomic E-state index is -4.33. The maximum atomic E-state index is 11.0. The SMILES string of the molecule is Nc1cc2ccc(S(=O)(=O)O)cc2cc1OC(=O)O. The Hall–Kier alpha value is -2.32. The van der Waals surface area contributed by atoms with Crippen LogP contribution in [0.2, 0.25) is 0 Å². The Labute approximate surface area is 108 Å². The van der Waals surface area contributed by atoms with Crippen molar-refractivity contribution in [2.75, 3.05) is 5.73 Å². The zero-order chi connectivity index (χ0) is 14.2. The summed E-state index contributed by atoms with van der Waals surface area (Å²) in [4.78, 5) is 10.2. The van der Waals surface area contributed by atoms with Crippen LogP contribution in [0.15, 0.2) is 35.2 Å². The van der Waals surface area contributed by atoms with Crippen LogP contribution in [0.3, 0.4) is 0 Å². The van der Waals surface area contributed by atoms with E-state index in [1.54, 1.807) is 0 Å². The molecule has 0 heterocycles. The van der Waals surface area contributed by atoms with Crippen LogP contribution in [0, 0.1) is 0 Å². The molecule has 0 radical (unpaired) electrons. The zero-order valence-electron chi connectivity index (χ0n) is 9.40. The summed E-state index contributed by atoms with van der Waals surface area (Å²) in [5.41, 5.74) is 5.71. The number of benzene rings is 2. The predicted octanol–water partition coefficient (Wildman–Crippen LogP) is 1.73. The van der Waals surface area contributed by atoms with Gasteiger partial charge in [0.25, 0.3) is 10.1 Å². The molecule has 7 nitrogen and oxygen atoms in total. The van der Waals surface area contributed by atoms with Crippen LogP contribution in [-0.4, -0.2) is 24.2 Å². The van der Waals surface area contributed by atoms with Gasteiger partial charge in [-0.1, -0.05) is 6.07 Å². The Morgan fingerprint density at radius 2 is 1.84 bits per heavy atom. The number of nitrogens with two attached hydrogens (primary N) is 1. The minimum absolute atomic E-state index is 0.104. The highest BCUT2D eigenvalue weighted by atomic mass is 32.2. The van der Waals surface area contributed by atoms with E-state index in [2.05, 4.69) is 4.74 Å². The van der Waals surface area contributed by atoms with Crippen molar-refractivity contribution in [1.29, 1.82) is 0 Å². The maximum absolute atomic E-state index is 11.0. The molecule has 19 heavy (non-hydrogen) atoms. The number of hydrogen-bond acceptors (Lipinski definition) is 5. The number of hydrogen-bond donors (Lipinski definition) is 3. The zero-order valence-corrected chi connectivity index (χ0v) is 10.2. The van der Waals surface area contributed by atoms with Gasteiger partial charge in [0.2, 0.25) is 0 Å². The van der Waals surface area contributed by atoms with E-state index < -0.39 is 16.3 Å². The van der Waals surface area contributed by atoms with Gasteiger partial charge >= 0.3 is 6.16 Å². The average molecular weight is 283 g/mol. The molecular weight excluding hydrogens is 274 g/mol. The first-order chi connectivity index (χ1) is 8.77. The van der Waals surface area contributed by atoms with Gasteiger partial charge in [-0.15, -0.1) is 0 Å². The summed E-state index contributed by atoms with van der Waals surface area (Å²) in [7, 11) is -4.33. The molecule has 2 aromatic rings. The molecule has 8 heteroatoms. The summed E-state index contributed by atoms with van der Waals surface area (Å²) in [6.07, 6.45) is -1.53. The fourth-order valence-corrected chi connectivity index (χ4v) is 2.13. The van der Waals surface area contributed by atoms with E-state index in [0.717, 1.165) is 0 Å².